The van der Waals surface area contributed by atoms with E-state index in [2.05, 4.69) is 42.2 Å². The zero-order valence-electron chi connectivity index (χ0n) is 17.2. The molecule has 0 saturated carbocycles. The highest BCUT2D eigenvalue weighted by Gasteiger charge is 2.17. The standard InChI is InChI=1S/C23H25N5O/c1-14(2)11-16-13-21(28(4)27-16)23(29)26-18-8-6-5-7-17(18)22-24-19-10-9-15(3)12-20(19)25-22/h5-10,12-14H,11H2,1-4H3,(H,24,25)(H,26,29). The lowest BCUT2D eigenvalue weighted by atomic mass is 10.1. The van der Waals surface area contributed by atoms with Crippen LogP contribution in [-0.2, 0) is 13.5 Å². The first-order chi connectivity index (χ1) is 13.9. The maximum absolute atomic E-state index is 12.9. The van der Waals surface area contributed by atoms with E-state index < -0.39 is 0 Å². The molecule has 0 atom stereocenters. The van der Waals surface area contributed by atoms with Gasteiger partial charge in [-0.2, -0.15) is 5.10 Å². The summed E-state index contributed by atoms with van der Waals surface area (Å²) in [5.74, 6) is 1.03. The molecule has 0 unspecified atom stereocenters. The largest absolute Gasteiger partial charge is 0.338 e. The van der Waals surface area contributed by atoms with Crippen molar-refractivity contribution in [1.29, 1.82) is 0 Å². The summed E-state index contributed by atoms with van der Waals surface area (Å²) in [7, 11) is 1.80. The third-order valence-electron chi connectivity index (χ3n) is 4.85. The highest BCUT2D eigenvalue weighted by Crippen LogP contribution is 2.28. The highest BCUT2D eigenvalue weighted by molar-refractivity contribution is 6.05. The number of carbonyl (C=O) groups excluding carboxylic acids is 1. The van der Waals surface area contributed by atoms with Gasteiger partial charge in [0.15, 0.2) is 0 Å². The molecule has 2 heterocycles. The number of aromatic amines is 1. The second-order valence-corrected chi connectivity index (χ2v) is 7.85. The van der Waals surface area contributed by atoms with Crippen molar-refractivity contribution >= 4 is 22.6 Å². The first kappa shape index (κ1) is 18.9. The van der Waals surface area contributed by atoms with Crippen molar-refractivity contribution in [3.8, 4) is 11.4 Å². The smallest absolute Gasteiger partial charge is 0.273 e. The summed E-state index contributed by atoms with van der Waals surface area (Å²) in [5.41, 5.74) is 6.06. The van der Waals surface area contributed by atoms with Gasteiger partial charge < -0.3 is 10.3 Å². The summed E-state index contributed by atoms with van der Waals surface area (Å²) in [5, 5.41) is 7.50. The van der Waals surface area contributed by atoms with Crippen LogP contribution < -0.4 is 5.32 Å². The summed E-state index contributed by atoms with van der Waals surface area (Å²) < 4.78 is 1.64. The molecule has 0 radical (unpaired) electrons. The van der Waals surface area contributed by atoms with Crippen LogP contribution in [0.15, 0.2) is 48.5 Å². The van der Waals surface area contributed by atoms with Crippen molar-refractivity contribution in [2.75, 3.05) is 5.32 Å². The van der Waals surface area contributed by atoms with Crippen molar-refractivity contribution < 1.29 is 4.79 Å². The van der Waals surface area contributed by atoms with Crippen LogP contribution in [0.25, 0.3) is 22.4 Å². The Kier molecular flexibility index (Phi) is 4.92. The predicted molar refractivity (Wildman–Crippen MR) is 116 cm³/mol. The lowest BCUT2D eigenvalue weighted by molar-refractivity contribution is 0.101. The lowest BCUT2D eigenvalue weighted by Crippen LogP contribution is -2.16. The molecule has 0 saturated heterocycles. The molecule has 4 rings (SSSR count). The van der Waals surface area contributed by atoms with Crippen LogP contribution >= 0.6 is 0 Å². The van der Waals surface area contributed by atoms with E-state index in [0.717, 1.165) is 34.5 Å². The average molecular weight is 387 g/mol. The number of rotatable bonds is 5. The Balaban J connectivity index is 1.65. The molecule has 148 valence electrons. The first-order valence-electron chi connectivity index (χ1n) is 9.81. The monoisotopic (exact) mass is 387 g/mol. The zero-order valence-corrected chi connectivity index (χ0v) is 17.2. The number of imidazole rings is 1. The van der Waals surface area contributed by atoms with Gasteiger partial charge in [0.2, 0.25) is 0 Å². The third-order valence-corrected chi connectivity index (χ3v) is 4.85. The molecule has 0 aliphatic rings. The number of aryl methyl sites for hydroxylation is 2. The van der Waals surface area contributed by atoms with E-state index >= 15 is 0 Å². The first-order valence-corrected chi connectivity index (χ1v) is 9.81. The van der Waals surface area contributed by atoms with E-state index in [9.17, 15) is 4.79 Å². The minimum absolute atomic E-state index is 0.186. The number of anilines is 1. The number of amides is 1. The van der Waals surface area contributed by atoms with Crippen molar-refractivity contribution in [2.24, 2.45) is 13.0 Å². The molecule has 4 aromatic rings. The van der Waals surface area contributed by atoms with Gasteiger partial charge >= 0.3 is 0 Å². The van der Waals surface area contributed by atoms with Gasteiger partial charge in [0.05, 0.1) is 22.4 Å². The molecule has 0 fully saturated rings. The SMILES string of the molecule is Cc1ccc2nc(-c3ccccc3NC(=O)c3cc(CC(C)C)nn3C)[nH]c2c1. The number of nitrogens with zero attached hydrogens (tertiary/aromatic N) is 3. The van der Waals surface area contributed by atoms with Gasteiger partial charge in [0.1, 0.15) is 11.5 Å². The summed E-state index contributed by atoms with van der Waals surface area (Å²) in [4.78, 5) is 21.0. The fraction of sp³-hybridized carbons (Fsp3) is 0.261. The lowest BCUT2D eigenvalue weighted by Gasteiger charge is -2.09. The number of hydrogen-bond donors (Lipinski definition) is 2. The summed E-state index contributed by atoms with van der Waals surface area (Å²) in [6.07, 6.45) is 0.843. The van der Waals surface area contributed by atoms with Crippen molar-refractivity contribution in [3.63, 3.8) is 0 Å². The van der Waals surface area contributed by atoms with Gasteiger partial charge in [0, 0.05) is 12.6 Å². The minimum Gasteiger partial charge on any atom is -0.338 e. The Morgan fingerprint density at radius 2 is 1.97 bits per heavy atom. The Morgan fingerprint density at radius 3 is 2.76 bits per heavy atom. The molecule has 6 nitrogen and oxygen atoms in total. The van der Waals surface area contributed by atoms with E-state index in [0.29, 0.717) is 17.3 Å². The molecule has 29 heavy (non-hydrogen) atoms. The molecule has 0 aliphatic heterocycles. The Morgan fingerprint density at radius 1 is 1.17 bits per heavy atom. The number of aromatic nitrogens is 4. The van der Waals surface area contributed by atoms with Gasteiger partial charge in [-0.3, -0.25) is 9.48 Å². The predicted octanol–water partition coefficient (Wildman–Crippen LogP) is 4.72. The number of fused-ring (bicyclic) bond motifs is 1. The van der Waals surface area contributed by atoms with Gasteiger partial charge in [-0.15, -0.1) is 0 Å². The van der Waals surface area contributed by atoms with Crippen LogP contribution in [0.1, 0.15) is 35.6 Å². The number of hydrogen-bond acceptors (Lipinski definition) is 3. The molecular weight excluding hydrogens is 362 g/mol. The number of benzene rings is 2. The number of H-pyrrole nitrogens is 1. The van der Waals surface area contributed by atoms with E-state index in [1.807, 2.05) is 42.5 Å². The Labute approximate surface area is 170 Å². The van der Waals surface area contributed by atoms with Crippen LogP contribution in [0.4, 0.5) is 5.69 Å². The van der Waals surface area contributed by atoms with Gasteiger partial charge in [-0.25, -0.2) is 4.98 Å². The van der Waals surface area contributed by atoms with Crippen molar-refractivity contribution in [1.82, 2.24) is 19.7 Å². The van der Waals surface area contributed by atoms with Crippen LogP contribution in [0, 0.1) is 12.8 Å². The normalized spacial score (nSPS) is 11.3. The summed E-state index contributed by atoms with van der Waals surface area (Å²) in [6.45, 7) is 6.33. The second kappa shape index (κ2) is 7.54. The molecule has 6 heteroatoms. The molecule has 0 bridgehead atoms. The van der Waals surface area contributed by atoms with Crippen LogP contribution in [0.2, 0.25) is 0 Å². The molecule has 2 aromatic carbocycles. The fourth-order valence-electron chi connectivity index (χ4n) is 3.49. The average Bonchev–Trinajstić information content (AvgIpc) is 3.24. The molecule has 1 amide bonds. The minimum atomic E-state index is -0.186. The molecule has 0 spiro atoms. The maximum Gasteiger partial charge on any atom is 0.273 e. The van der Waals surface area contributed by atoms with Gasteiger partial charge in [0.25, 0.3) is 5.91 Å². The van der Waals surface area contributed by atoms with Crippen LogP contribution in [0.3, 0.4) is 0 Å². The van der Waals surface area contributed by atoms with Crippen LogP contribution in [-0.4, -0.2) is 25.7 Å². The molecule has 2 aromatic heterocycles. The van der Waals surface area contributed by atoms with Gasteiger partial charge in [-0.1, -0.05) is 32.0 Å². The van der Waals surface area contributed by atoms with E-state index in [-0.39, 0.29) is 5.91 Å². The molecule has 2 N–H and O–H groups in total. The van der Waals surface area contributed by atoms with E-state index in [4.69, 9.17) is 4.98 Å². The maximum atomic E-state index is 12.9. The Hall–Kier alpha value is -3.41. The third kappa shape index (κ3) is 3.92. The quantitative estimate of drug-likeness (QED) is 0.520. The van der Waals surface area contributed by atoms with Gasteiger partial charge in [-0.05, 0) is 55.2 Å². The highest BCUT2D eigenvalue weighted by atomic mass is 16.2. The number of para-hydroxylation sites is 1. The second-order valence-electron chi connectivity index (χ2n) is 7.85. The Bertz CT molecular complexity index is 1190. The number of carbonyl (C=O) groups is 1. The zero-order chi connectivity index (χ0) is 20.5. The van der Waals surface area contributed by atoms with E-state index in [1.54, 1.807) is 11.7 Å². The molecule has 0 aliphatic carbocycles. The van der Waals surface area contributed by atoms with E-state index in [1.165, 1.54) is 5.56 Å². The van der Waals surface area contributed by atoms with Crippen LogP contribution in [0.5, 0.6) is 0 Å². The fourth-order valence-corrected chi connectivity index (χ4v) is 3.49. The summed E-state index contributed by atoms with van der Waals surface area (Å²) >= 11 is 0. The van der Waals surface area contributed by atoms with Crippen molar-refractivity contribution in [3.05, 3.63) is 65.5 Å². The topological polar surface area (TPSA) is 75.6 Å². The molecular formula is C23H25N5O. The summed E-state index contributed by atoms with van der Waals surface area (Å²) in [6, 6.07) is 15.6. The number of nitrogens with one attached hydrogen (secondary N) is 2. The van der Waals surface area contributed by atoms with Crippen molar-refractivity contribution in [2.45, 2.75) is 27.2 Å².